The molecule has 2 heterocycles. The number of imidazole rings is 1. The van der Waals surface area contributed by atoms with E-state index in [1.54, 1.807) is 6.20 Å². The third kappa shape index (κ3) is 3.04. The van der Waals surface area contributed by atoms with Gasteiger partial charge in [-0.2, -0.15) is 0 Å². The van der Waals surface area contributed by atoms with Crippen molar-refractivity contribution in [1.29, 1.82) is 0 Å². The van der Waals surface area contributed by atoms with Gasteiger partial charge in [-0.15, -0.1) is 11.3 Å². The first kappa shape index (κ1) is 14.4. The first-order chi connectivity index (χ1) is 9.93. The molecule has 0 amide bonds. The summed E-state index contributed by atoms with van der Waals surface area (Å²) in [6.45, 7) is 7.24. The Balaban J connectivity index is 1.82. The number of rotatable bonds is 3. The standard InChI is InChI=1S/C15H17ClN4S/c1-15(2,3)20-9-19-12-6-10(4-5-13(12)20)17-7-11-8-18-14(16)21-11/h4-6,8-9,17H,7H2,1-3H3. The number of anilines is 1. The number of fused-ring (bicyclic) bond motifs is 1. The predicted octanol–water partition coefficient (Wildman–Crippen LogP) is 4.51. The quantitative estimate of drug-likeness (QED) is 0.772. The van der Waals surface area contributed by atoms with Crippen LogP contribution in [0.5, 0.6) is 0 Å². The van der Waals surface area contributed by atoms with Gasteiger partial charge in [-0.05, 0) is 39.0 Å². The van der Waals surface area contributed by atoms with Crippen LogP contribution in [0.25, 0.3) is 11.0 Å². The summed E-state index contributed by atoms with van der Waals surface area (Å²) >= 11 is 7.32. The topological polar surface area (TPSA) is 42.7 Å². The SMILES string of the molecule is CC(C)(C)n1cnc2cc(NCc3cnc(Cl)s3)ccc21. The maximum absolute atomic E-state index is 5.83. The van der Waals surface area contributed by atoms with Gasteiger partial charge in [-0.3, -0.25) is 0 Å². The lowest BCUT2D eigenvalue weighted by molar-refractivity contribution is 0.408. The lowest BCUT2D eigenvalue weighted by Crippen LogP contribution is -2.20. The van der Waals surface area contributed by atoms with E-state index in [-0.39, 0.29) is 5.54 Å². The van der Waals surface area contributed by atoms with Crippen LogP contribution in [0.2, 0.25) is 4.47 Å². The third-order valence-electron chi connectivity index (χ3n) is 3.26. The van der Waals surface area contributed by atoms with Crippen LogP contribution in [0.4, 0.5) is 5.69 Å². The van der Waals surface area contributed by atoms with Gasteiger partial charge in [-0.1, -0.05) is 11.6 Å². The summed E-state index contributed by atoms with van der Waals surface area (Å²) in [4.78, 5) is 9.65. The number of nitrogens with one attached hydrogen (secondary N) is 1. The Morgan fingerprint density at radius 2 is 2.10 bits per heavy atom. The van der Waals surface area contributed by atoms with Crippen molar-refractivity contribution in [2.45, 2.75) is 32.9 Å². The van der Waals surface area contributed by atoms with Gasteiger partial charge in [-0.25, -0.2) is 9.97 Å². The van der Waals surface area contributed by atoms with Gasteiger partial charge in [0.25, 0.3) is 0 Å². The van der Waals surface area contributed by atoms with Gasteiger partial charge in [0.2, 0.25) is 0 Å². The molecule has 3 rings (SSSR count). The molecule has 1 N–H and O–H groups in total. The fourth-order valence-electron chi connectivity index (χ4n) is 2.21. The minimum atomic E-state index is 0.0308. The lowest BCUT2D eigenvalue weighted by atomic mass is 10.1. The van der Waals surface area contributed by atoms with Crippen LogP contribution in [0.1, 0.15) is 25.6 Å². The summed E-state index contributed by atoms with van der Waals surface area (Å²) in [6.07, 6.45) is 3.70. The molecule has 0 aliphatic heterocycles. The fourth-order valence-corrected chi connectivity index (χ4v) is 3.13. The molecule has 6 heteroatoms. The van der Waals surface area contributed by atoms with Gasteiger partial charge in [0.15, 0.2) is 4.47 Å². The first-order valence-electron chi connectivity index (χ1n) is 6.75. The van der Waals surface area contributed by atoms with E-state index < -0.39 is 0 Å². The summed E-state index contributed by atoms with van der Waals surface area (Å²) in [5.74, 6) is 0. The van der Waals surface area contributed by atoms with E-state index in [2.05, 4.69) is 58.8 Å². The Bertz CT molecular complexity index is 769. The van der Waals surface area contributed by atoms with Crippen molar-refractivity contribution in [3.05, 3.63) is 40.1 Å². The van der Waals surface area contributed by atoms with E-state index in [1.807, 2.05) is 6.33 Å². The highest BCUT2D eigenvalue weighted by Crippen LogP contribution is 2.25. The molecule has 0 saturated heterocycles. The highest BCUT2D eigenvalue weighted by Gasteiger charge is 2.15. The largest absolute Gasteiger partial charge is 0.380 e. The molecule has 0 saturated carbocycles. The van der Waals surface area contributed by atoms with Crippen molar-refractivity contribution in [3.63, 3.8) is 0 Å². The number of thiazole rings is 1. The zero-order chi connectivity index (χ0) is 15.0. The molecule has 4 nitrogen and oxygen atoms in total. The van der Waals surface area contributed by atoms with Gasteiger partial charge < -0.3 is 9.88 Å². The molecule has 110 valence electrons. The minimum absolute atomic E-state index is 0.0308. The summed E-state index contributed by atoms with van der Waals surface area (Å²) in [5.41, 5.74) is 3.22. The van der Waals surface area contributed by atoms with E-state index in [1.165, 1.54) is 11.3 Å². The van der Waals surface area contributed by atoms with Gasteiger partial charge in [0.1, 0.15) is 0 Å². The van der Waals surface area contributed by atoms with Crippen LogP contribution in [0.15, 0.2) is 30.7 Å². The second kappa shape index (κ2) is 5.31. The summed E-state index contributed by atoms with van der Waals surface area (Å²) in [6, 6.07) is 6.25. The zero-order valence-corrected chi connectivity index (χ0v) is 13.8. The number of hydrogen-bond acceptors (Lipinski definition) is 4. The molecule has 0 aliphatic carbocycles. The van der Waals surface area contributed by atoms with Crippen molar-refractivity contribution in [1.82, 2.24) is 14.5 Å². The van der Waals surface area contributed by atoms with E-state index in [0.29, 0.717) is 4.47 Å². The van der Waals surface area contributed by atoms with Crippen molar-refractivity contribution in [2.75, 3.05) is 5.32 Å². The van der Waals surface area contributed by atoms with Gasteiger partial charge in [0, 0.05) is 22.3 Å². The van der Waals surface area contributed by atoms with Crippen LogP contribution in [0, 0.1) is 0 Å². The number of nitrogens with zero attached hydrogens (tertiary/aromatic N) is 3. The van der Waals surface area contributed by atoms with Crippen molar-refractivity contribution >= 4 is 39.7 Å². The van der Waals surface area contributed by atoms with Crippen LogP contribution in [0.3, 0.4) is 0 Å². The normalized spacial score (nSPS) is 12.0. The zero-order valence-electron chi connectivity index (χ0n) is 12.2. The van der Waals surface area contributed by atoms with E-state index >= 15 is 0 Å². The average molecular weight is 321 g/mol. The number of hydrogen-bond donors (Lipinski definition) is 1. The maximum Gasteiger partial charge on any atom is 0.183 e. The Labute approximate surface area is 132 Å². The smallest absolute Gasteiger partial charge is 0.183 e. The molecule has 3 aromatic rings. The molecule has 0 spiro atoms. The highest BCUT2D eigenvalue weighted by molar-refractivity contribution is 7.15. The average Bonchev–Trinajstić information content (AvgIpc) is 3.01. The van der Waals surface area contributed by atoms with E-state index in [9.17, 15) is 0 Å². The van der Waals surface area contributed by atoms with E-state index in [4.69, 9.17) is 11.6 Å². The molecule has 0 radical (unpaired) electrons. The van der Waals surface area contributed by atoms with Crippen molar-refractivity contribution in [2.24, 2.45) is 0 Å². The van der Waals surface area contributed by atoms with Crippen LogP contribution >= 0.6 is 22.9 Å². The summed E-state index contributed by atoms with van der Waals surface area (Å²) < 4.78 is 2.76. The van der Waals surface area contributed by atoms with Gasteiger partial charge >= 0.3 is 0 Å². The molecule has 0 atom stereocenters. The number of benzene rings is 1. The summed E-state index contributed by atoms with van der Waals surface area (Å²) in [7, 11) is 0. The molecular weight excluding hydrogens is 304 g/mol. The minimum Gasteiger partial charge on any atom is -0.380 e. The Hall–Kier alpha value is -1.59. The van der Waals surface area contributed by atoms with Crippen molar-refractivity contribution < 1.29 is 0 Å². The second-order valence-electron chi connectivity index (χ2n) is 5.92. The van der Waals surface area contributed by atoms with Crippen LogP contribution in [-0.4, -0.2) is 14.5 Å². The first-order valence-corrected chi connectivity index (χ1v) is 7.94. The third-order valence-corrected chi connectivity index (χ3v) is 4.38. The Morgan fingerprint density at radius 3 is 2.76 bits per heavy atom. The molecule has 21 heavy (non-hydrogen) atoms. The summed E-state index contributed by atoms with van der Waals surface area (Å²) in [5, 5.41) is 3.38. The predicted molar refractivity (Wildman–Crippen MR) is 89.2 cm³/mol. The Kier molecular flexibility index (Phi) is 3.63. The molecule has 0 fully saturated rings. The van der Waals surface area contributed by atoms with Crippen LogP contribution < -0.4 is 5.32 Å². The molecule has 1 aromatic carbocycles. The molecule has 0 bridgehead atoms. The molecule has 0 unspecified atom stereocenters. The molecular formula is C15H17ClN4S. The number of aromatic nitrogens is 3. The van der Waals surface area contributed by atoms with Crippen LogP contribution in [-0.2, 0) is 12.1 Å². The number of halogens is 1. The highest BCUT2D eigenvalue weighted by atomic mass is 35.5. The van der Waals surface area contributed by atoms with Gasteiger partial charge in [0.05, 0.1) is 23.9 Å². The van der Waals surface area contributed by atoms with Crippen molar-refractivity contribution in [3.8, 4) is 0 Å². The van der Waals surface area contributed by atoms with E-state index in [0.717, 1.165) is 28.1 Å². The second-order valence-corrected chi connectivity index (χ2v) is 7.62. The lowest BCUT2D eigenvalue weighted by Gasteiger charge is -2.21. The molecule has 2 aromatic heterocycles. The molecule has 0 aliphatic rings. The Morgan fingerprint density at radius 1 is 1.29 bits per heavy atom. The monoisotopic (exact) mass is 320 g/mol. The maximum atomic E-state index is 5.83. The fraction of sp³-hybridized carbons (Fsp3) is 0.333.